The smallest absolute Gasteiger partial charge is 0.234 e. The molecule has 5 nitrogen and oxygen atoms in total. The van der Waals surface area contributed by atoms with Gasteiger partial charge in [-0.3, -0.25) is 4.79 Å². The summed E-state index contributed by atoms with van der Waals surface area (Å²) in [5.41, 5.74) is 7.93. The first kappa shape index (κ1) is 17.8. The molecule has 4 rings (SSSR count). The van der Waals surface area contributed by atoms with E-state index in [0.717, 1.165) is 16.1 Å². The largest absolute Gasteiger partial charge is 0.373 e. The van der Waals surface area contributed by atoms with Crippen LogP contribution in [0.3, 0.4) is 0 Å². The van der Waals surface area contributed by atoms with Gasteiger partial charge in [-0.2, -0.15) is 5.10 Å². The molecule has 2 heterocycles. The van der Waals surface area contributed by atoms with Crippen molar-refractivity contribution >= 4 is 17.7 Å². The molecule has 1 amide bonds. The number of primary amides is 1. The van der Waals surface area contributed by atoms with Crippen molar-refractivity contribution in [2.75, 3.05) is 6.61 Å². The van der Waals surface area contributed by atoms with E-state index in [0.29, 0.717) is 19.4 Å². The summed E-state index contributed by atoms with van der Waals surface area (Å²) in [6.45, 7) is 0.515. The quantitative estimate of drug-likeness (QED) is 0.733. The molecule has 2 unspecified atom stereocenters. The molecular weight excluding hydrogens is 358 g/mol. The maximum absolute atomic E-state index is 12.4. The Bertz CT molecular complexity index is 897. The van der Waals surface area contributed by atoms with E-state index in [2.05, 4.69) is 5.10 Å². The van der Waals surface area contributed by atoms with E-state index in [1.54, 1.807) is 22.6 Å². The molecular formula is C21H21N3O2S. The van der Waals surface area contributed by atoms with Gasteiger partial charge in [0.15, 0.2) is 0 Å². The summed E-state index contributed by atoms with van der Waals surface area (Å²) in [7, 11) is 0. The highest BCUT2D eigenvalue weighted by Crippen LogP contribution is 2.46. The van der Waals surface area contributed by atoms with E-state index >= 15 is 0 Å². The first-order valence-corrected chi connectivity index (χ1v) is 9.73. The Labute approximate surface area is 162 Å². The lowest BCUT2D eigenvalue weighted by Crippen LogP contribution is -2.46. The van der Waals surface area contributed by atoms with Crippen LogP contribution in [0.2, 0.25) is 0 Å². The van der Waals surface area contributed by atoms with E-state index < -0.39 is 4.75 Å². The molecule has 1 aliphatic rings. The highest BCUT2D eigenvalue weighted by atomic mass is 32.2. The molecule has 138 valence electrons. The predicted octanol–water partition coefficient (Wildman–Crippen LogP) is 3.74. The Morgan fingerprint density at radius 1 is 1.15 bits per heavy atom. The van der Waals surface area contributed by atoms with Gasteiger partial charge in [0.2, 0.25) is 5.91 Å². The second-order valence-corrected chi connectivity index (χ2v) is 8.09. The molecule has 0 saturated carbocycles. The van der Waals surface area contributed by atoms with Crippen LogP contribution in [0.15, 0.2) is 78.0 Å². The number of benzene rings is 2. The van der Waals surface area contributed by atoms with Crippen LogP contribution in [0, 0.1) is 0 Å². The molecule has 1 fully saturated rings. The van der Waals surface area contributed by atoms with Crippen molar-refractivity contribution in [2.24, 2.45) is 5.73 Å². The van der Waals surface area contributed by atoms with Gasteiger partial charge in [0.25, 0.3) is 0 Å². The fourth-order valence-electron chi connectivity index (χ4n) is 3.39. The van der Waals surface area contributed by atoms with Crippen LogP contribution >= 0.6 is 11.8 Å². The van der Waals surface area contributed by atoms with Crippen molar-refractivity contribution in [3.63, 3.8) is 0 Å². The Hall–Kier alpha value is -2.57. The van der Waals surface area contributed by atoms with Crippen molar-refractivity contribution in [2.45, 2.75) is 28.6 Å². The van der Waals surface area contributed by atoms with Crippen LogP contribution in [0.1, 0.15) is 24.5 Å². The van der Waals surface area contributed by atoms with E-state index in [1.807, 2.05) is 66.9 Å². The molecule has 2 atom stereocenters. The summed E-state index contributed by atoms with van der Waals surface area (Å²) in [6.07, 6.45) is 4.70. The zero-order chi connectivity index (χ0) is 18.7. The summed E-state index contributed by atoms with van der Waals surface area (Å²) in [5, 5.41) is 4.24. The van der Waals surface area contributed by atoms with Crippen molar-refractivity contribution in [1.29, 1.82) is 0 Å². The number of amides is 1. The summed E-state index contributed by atoms with van der Waals surface area (Å²) < 4.78 is 7.07. The maximum atomic E-state index is 12.4. The van der Waals surface area contributed by atoms with Crippen molar-refractivity contribution in [1.82, 2.24) is 9.78 Å². The van der Waals surface area contributed by atoms with E-state index in [4.69, 9.17) is 10.5 Å². The first-order valence-electron chi connectivity index (χ1n) is 8.92. The number of carbonyl (C=O) groups is 1. The predicted molar refractivity (Wildman–Crippen MR) is 106 cm³/mol. The molecule has 6 heteroatoms. The van der Waals surface area contributed by atoms with Gasteiger partial charge in [-0.15, -0.1) is 11.8 Å². The fraction of sp³-hybridized carbons (Fsp3) is 0.238. The normalized spacial score (nSPS) is 22.4. The van der Waals surface area contributed by atoms with Gasteiger partial charge in [-0.25, -0.2) is 4.68 Å². The molecule has 2 aromatic carbocycles. The second-order valence-electron chi connectivity index (χ2n) is 6.63. The molecule has 27 heavy (non-hydrogen) atoms. The topological polar surface area (TPSA) is 70.1 Å². The molecule has 0 aliphatic carbocycles. The highest BCUT2D eigenvalue weighted by Gasteiger charge is 2.43. The van der Waals surface area contributed by atoms with Crippen LogP contribution in [0.5, 0.6) is 0 Å². The van der Waals surface area contributed by atoms with Gasteiger partial charge in [0.05, 0.1) is 11.8 Å². The van der Waals surface area contributed by atoms with Crippen molar-refractivity contribution in [3.8, 4) is 5.69 Å². The number of hydrogen-bond acceptors (Lipinski definition) is 4. The van der Waals surface area contributed by atoms with E-state index in [-0.39, 0.29) is 12.0 Å². The Morgan fingerprint density at radius 2 is 1.93 bits per heavy atom. The molecule has 3 aromatic rings. The van der Waals surface area contributed by atoms with Gasteiger partial charge >= 0.3 is 0 Å². The fourth-order valence-corrected chi connectivity index (χ4v) is 4.63. The summed E-state index contributed by atoms with van der Waals surface area (Å²) in [4.78, 5) is 13.5. The third-order valence-electron chi connectivity index (χ3n) is 4.88. The third kappa shape index (κ3) is 3.77. The zero-order valence-corrected chi connectivity index (χ0v) is 15.6. The molecule has 0 bridgehead atoms. The SMILES string of the molecule is NC(=O)C1(Sc2ccc(-n3cccn3)cc2)CCOC(c2ccccc2)C1. The molecule has 1 saturated heterocycles. The average molecular weight is 379 g/mol. The Kier molecular flexibility index (Phi) is 5.01. The monoisotopic (exact) mass is 379 g/mol. The highest BCUT2D eigenvalue weighted by molar-refractivity contribution is 8.01. The number of hydrogen-bond donors (Lipinski definition) is 1. The molecule has 1 aliphatic heterocycles. The minimum absolute atomic E-state index is 0.122. The summed E-state index contributed by atoms with van der Waals surface area (Å²) in [6, 6.07) is 19.9. The van der Waals surface area contributed by atoms with Crippen LogP contribution in [0.4, 0.5) is 0 Å². The molecule has 2 N–H and O–H groups in total. The van der Waals surface area contributed by atoms with Crippen LogP contribution in [-0.2, 0) is 9.53 Å². The second kappa shape index (κ2) is 7.58. The Balaban J connectivity index is 1.56. The maximum Gasteiger partial charge on any atom is 0.234 e. The number of carbonyl (C=O) groups excluding carboxylic acids is 1. The Morgan fingerprint density at radius 3 is 2.59 bits per heavy atom. The average Bonchev–Trinajstić information content (AvgIpc) is 3.24. The third-order valence-corrected chi connectivity index (χ3v) is 6.35. The summed E-state index contributed by atoms with van der Waals surface area (Å²) in [5.74, 6) is -0.284. The van der Waals surface area contributed by atoms with Gasteiger partial charge in [-0.1, -0.05) is 30.3 Å². The summed E-state index contributed by atoms with van der Waals surface area (Å²) >= 11 is 1.54. The molecule has 0 radical (unpaired) electrons. The lowest BCUT2D eigenvalue weighted by atomic mass is 9.90. The van der Waals surface area contributed by atoms with Gasteiger partial charge in [0.1, 0.15) is 4.75 Å². The first-order chi connectivity index (χ1) is 13.2. The standard InChI is InChI=1S/C21H21N3O2S/c22-20(25)21(11-14-26-19(15-21)16-5-2-1-3-6-16)27-18-9-7-17(8-10-18)24-13-4-12-23-24/h1-10,12-13,19H,11,14-15H2,(H2,22,25). The van der Waals surface area contributed by atoms with Crippen molar-refractivity contribution < 1.29 is 9.53 Å². The number of rotatable bonds is 5. The van der Waals surface area contributed by atoms with Crippen LogP contribution < -0.4 is 5.73 Å². The number of aromatic nitrogens is 2. The zero-order valence-electron chi connectivity index (χ0n) is 14.8. The molecule has 0 spiro atoms. The van der Waals surface area contributed by atoms with Gasteiger partial charge in [-0.05, 0) is 42.3 Å². The number of nitrogens with zero attached hydrogens (tertiary/aromatic N) is 2. The van der Waals surface area contributed by atoms with Crippen LogP contribution in [0.25, 0.3) is 5.69 Å². The number of ether oxygens (including phenoxy) is 1. The number of nitrogens with two attached hydrogens (primary N) is 1. The minimum atomic E-state index is -0.675. The van der Waals surface area contributed by atoms with Gasteiger partial charge in [0, 0.05) is 30.3 Å². The van der Waals surface area contributed by atoms with Crippen LogP contribution in [-0.4, -0.2) is 27.0 Å². The van der Waals surface area contributed by atoms with Crippen molar-refractivity contribution in [3.05, 3.63) is 78.6 Å². The lowest BCUT2D eigenvalue weighted by molar-refractivity contribution is -0.124. The lowest BCUT2D eigenvalue weighted by Gasteiger charge is -2.38. The minimum Gasteiger partial charge on any atom is -0.373 e. The van der Waals surface area contributed by atoms with E-state index in [1.165, 1.54) is 0 Å². The molecule has 1 aromatic heterocycles. The van der Waals surface area contributed by atoms with Gasteiger partial charge < -0.3 is 10.5 Å². The van der Waals surface area contributed by atoms with E-state index in [9.17, 15) is 4.79 Å². The number of thioether (sulfide) groups is 1.